The van der Waals surface area contributed by atoms with Crippen LogP contribution in [-0.2, 0) is 11.2 Å². The Bertz CT molecular complexity index is 589. The topological polar surface area (TPSA) is 115 Å². The molecular formula is C16H22N4O4. The molecule has 1 amide bonds. The van der Waals surface area contributed by atoms with Gasteiger partial charge in [0.15, 0.2) is 0 Å². The number of hydrogen-bond donors (Lipinski definition) is 1. The smallest absolute Gasteiger partial charge is 0.233 e. The molecule has 8 heteroatoms. The number of hydrogen-bond acceptors (Lipinski definition) is 6. The molecule has 0 aliphatic rings. The summed E-state index contributed by atoms with van der Waals surface area (Å²) in [5.74, 6) is -0.262. The highest BCUT2D eigenvalue weighted by atomic mass is 16.6. The van der Waals surface area contributed by atoms with Crippen molar-refractivity contribution in [2.24, 2.45) is 5.18 Å². The first-order chi connectivity index (χ1) is 11.5. The molecule has 0 aliphatic heterocycles. The lowest BCUT2D eigenvalue weighted by Crippen LogP contribution is -2.32. The second kappa shape index (κ2) is 10.2. The third-order valence-electron chi connectivity index (χ3n) is 3.53. The molecule has 0 radical (unpaired) electrons. The fourth-order valence-electron chi connectivity index (χ4n) is 2.28. The van der Waals surface area contributed by atoms with E-state index < -0.39 is 12.1 Å². The van der Waals surface area contributed by atoms with Gasteiger partial charge in [-0.15, -0.1) is 0 Å². The van der Waals surface area contributed by atoms with Gasteiger partial charge in [-0.25, -0.2) is 0 Å². The third kappa shape index (κ3) is 6.64. The van der Waals surface area contributed by atoms with Gasteiger partial charge in [-0.05, 0) is 36.6 Å². The van der Waals surface area contributed by atoms with Gasteiger partial charge >= 0.3 is 0 Å². The minimum Gasteiger partial charge on any atom is -0.353 e. The molecular weight excluding hydrogens is 312 g/mol. The summed E-state index contributed by atoms with van der Waals surface area (Å²) in [4.78, 5) is 37.4. The molecule has 130 valence electrons. The van der Waals surface area contributed by atoms with Crippen molar-refractivity contribution in [2.45, 2.75) is 45.2 Å². The summed E-state index contributed by atoms with van der Waals surface area (Å²) in [6, 6.07) is 1.85. The van der Waals surface area contributed by atoms with E-state index >= 15 is 0 Å². The van der Waals surface area contributed by atoms with Crippen LogP contribution in [0.2, 0.25) is 0 Å². The molecule has 1 rings (SSSR count). The number of nitrogens with one attached hydrogen (secondary N) is 1. The maximum Gasteiger partial charge on any atom is 0.233 e. The fraction of sp³-hybridized carbons (Fsp3) is 0.500. The van der Waals surface area contributed by atoms with Crippen molar-refractivity contribution in [3.05, 3.63) is 56.8 Å². The fourth-order valence-corrected chi connectivity index (χ4v) is 2.28. The highest BCUT2D eigenvalue weighted by molar-refractivity contribution is 5.78. The maximum absolute atomic E-state index is 11.9. The number of rotatable bonds is 10. The number of nitroso groups, excluding NO2 is 1. The average Bonchev–Trinajstić information content (AvgIpc) is 2.56. The van der Waals surface area contributed by atoms with Crippen LogP contribution in [0, 0.1) is 15.0 Å². The normalized spacial score (nSPS) is 13.8. The van der Waals surface area contributed by atoms with Crippen LogP contribution in [0.4, 0.5) is 0 Å². The summed E-state index contributed by atoms with van der Waals surface area (Å²) >= 11 is 0. The summed E-state index contributed by atoms with van der Waals surface area (Å²) in [5, 5.41) is 16.6. The summed E-state index contributed by atoms with van der Waals surface area (Å²) in [6.45, 7) is 3.48. The number of carbonyl (C=O) groups excluding carboxylic acids is 1. The van der Waals surface area contributed by atoms with Crippen LogP contribution in [0.1, 0.15) is 32.3 Å². The minimum absolute atomic E-state index is 0.0104. The lowest BCUT2D eigenvalue weighted by atomic mass is 10.0. The second-order valence-corrected chi connectivity index (χ2v) is 5.52. The quantitative estimate of drug-likeness (QED) is 0.305. The number of nitro groups is 1. The number of carbonyl (C=O) groups is 1. The predicted molar refractivity (Wildman–Crippen MR) is 90.0 cm³/mol. The van der Waals surface area contributed by atoms with Crippen molar-refractivity contribution in [3.63, 3.8) is 0 Å². The van der Waals surface area contributed by atoms with Crippen molar-refractivity contribution in [2.75, 3.05) is 6.54 Å². The zero-order chi connectivity index (χ0) is 17.9. The first-order valence-corrected chi connectivity index (χ1v) is 7.77. The number of aromatic nitrogens is 1. The van der Waals surface area contributed by atoms with Gasteiger partial charge in [0, 0.05) is 30.3 Å². The summed E-state index contributed by atoms with van der Waals surface area (Å²) in [7, 11) is 0. The van der Waals surface area contributed by atoms with Gasteiger partial charge in [-0.1, -0.05) is 18.2 Å². The molecule has 0 bridgehead atoms. The molecule has 0 saturated carbocycles. The molecule has 1 N–H and O–H groups in total. The van der Waals surface area contributed by atoms with Gasteiger partial charge in [-0.2, -0.15) is 4.91 Å². The zero-order valence-electron chi connectivity index (χ0n) is 13.8. The Labute approximate surface area is 140 Å². The first kappa shape index (κ1) is 19.4. The first-order valence-electron chi connectivity index (χ1n) is 7.77. The number of pyridine rings is 1. The Morgan fingerprint density at radius 1 is 1.54 bits per heavy atom. The highest BCUT2D eigenvalue weighted by Crippen LogP contribution is 2.13. The van der Waals surface area contributed by atoms with Crippen molar-refractivity contribution in [1.29, 1.82) is 0 Å². The van der Waals surface area contributed by atoms with Crippen molar-refractivity contribution in [1.82, 2.24) is 10.3 Å². The van der Waals surface area contributed by atoms with Crippen LogP contribution < -0.4 is 5.32 Å². The van der Waals surface area contributed by atoms with E-state index in [0.717, 1.165) is 5.56 Å². The van der Waals surface area contributed by atoms with E-state index in [9.17, 15) is 19.8 Å². The average molecular weight is 334 g/mol. The zero-order valence-corrected chi connectivity index (χ0v) is 13.8. The predicted octanol–water partition coefficient (Wildman–Crippen LogP) is 2.27. The Kier molecular flexibility index (Phi) is 8.24. The largest absolute Gasteiger partial charge is 0.353 e. The molecule has 1 aromatic heterocycles. The second-order valence-electron chi connectivity index (χ2n) is 5.52. The molecule has 1 heterocycles. The van der Waals surface area contributed by atoms with Crippen LogP contribution in [0.5, 0.6) is 0 Å². The van der Waals surface area contributed by atoms with E-state index in [-0.39, 0.29) is 23.8 Å². The molecule has 0 spiro atoms. The summed E-state index contributed by atoms with van der Waals surface area (Å²) in [6.07, 6.45) is 5.87. The molecule has 0 aromatic carbocycles. The van der Waals surface area contributed by atoms with Crippen LogP contribution in [0.25, 0.3) is 0 Å². The SMILES string of the molecule is CCCC(C(C)=CC(CNC(=O)Cc1cccnc1)N=O)[N+](=O)[O-]. The molecule has 24 heavy (non-hydrogen) atoms. The van der Waals surface area contributed by atoms with Gasteiger partial charge < -0.3 is 5.32 Å². The highest BCUT2D eigenvalue weighted by Gasteiger charge is 2.22. The van der Waals surface area contributed by atoms with Gasteiger partial charge in [0.25, 0.3) is 0 Å². The molecule has 2 unspecified atom stereocenters. The Balaban J connectivity index is 2.60. The third-order valence-corrected chi connectivity index (χ3v) is 3.53. The molecule has 8 nitrogen and oxygen atoms in total. The van der Waals surface area contributed by atoms with E-state index in [1.807, 2.05) is 6.92 Å². The van der Waals surface area contributed by atoms with E-state index in [4.69, 9.17) is 0 Å². The Hall–Kier alpha value is -2.64. The summed E-state index contributed by atoms with van der Waals surface area (Å²) in [5.41, 5.74) is 1.24. The van der Waals surface area contributed by atoms with Gasteiger partial charge in [0.1, 0.15) is 6.04 Å². The van der Waals surface area contributed by atoms with Crippen molar-refractivity contribution in [3.8, 4) is 0 Å². The molecule has 1 aromatic rings. The molecule has 0 fully saturated rings. The maximum atomic E-state index is 11.9. The van der Waals surface area contributed by atoms with E-state index in [2.05, 4.69) is 15.5 Å². The summed E-state index contributed by atoms with van der Waals surface area (Å²) < 4.78 is 0. The molecule has 0 aliphatic carbocycles. The number of amides is 1. The van der Waals surface area contributed by atoms with Crippen LogP contribution >= 0.6 is 0 Å². The minimum atomic E-state index is -0.831. The van der Waals surface area contributed by atoms with Crippen LogP contribution in [-0.4, -0.2) is 34.4 Å². The number of nitrogens with zero attached hydrogens (tertiary/aromatic N) is 3. The monoisotopic (exact) mass is 334 g/mol. The molecule has 2 atom stereocenters. The van der Waals surface area contributed by atoms with E-state index in [0.29, 0.717) is 18.4 Å². The standard InChI is InChI=1S/C16H22N4O4/c1-3-5-15(20(23)24)12(2)8-14(19-22)11-18-16(21)9-13-6-4-7-17-10-13/h4,6-8,10,14-15H,3,5,9,11H2,1-2H3,(H,18,21). The lowest BCUT2D eigenvalue weighted by Gasteiger charge is -2.12. The van der Waals surface area contributed by atoms with Gasteiger partial charge in [0.05, 0.1) is 6.42 Å². The molecule has 0 saturated heterocycles. The van der Waals surface area contributed by atoms with Gasteiger partial charge in [0.2, 0.25) is 11.9 Å². The van der Waals surface area contributed by atoms with Gasteiger partial charge in [-0.3, -0.25) is 19.9 Å². The van der Waals surface area contributed by atoms with Crippen molar-refractivity contribution >= 4 is 5.91 Å². The van der Waals surface area contributed by atoms with Crippen molar-refractivity contribution < 1.29 is 9.72 Å². The Morgan fingerprint density at radius 3 is 2.83 bits per heavy atom. The Morgan fingerprint density at radius 2 is 2.29 bits per heavy atom. The van der Waals surface area contributed by atoms with Crippen LogP contribution in [0.15, 0.2) is 41.4 Å². The van der Waals surface area contributed by atoms with Crippen LogP contribution in [0.3, 0.4) is 0 Å². The van der Waals surface area contributed by atoms with E-state index in [1.54, 1.807) is 31.5 Å². The lowest BCUT2D eigenvalue weighted by molar-refractivity contribution is -0.513. The van der Waals surface area contributed by atoms with E-state index in [1.165, 1.54) is 6.08 Å².